The summed E-state index contributed by atoms with van der Waals surface area (Å²) in [5.41, 5.74) is 7.29. The molecular formula is C12H22N4O2. The van der Waals surface area contributed by atoms with Crippen LogP contribution in [0.1, 0.15) is 30.0 Å². The number of amides is 1. The van der Waals surface area contributed by atoms with Crippen LogP contribution in [-0.4, -0.2) is 35.4 Å². The lowest BCUT2D eigenvalue weighted by Crippen LogP contribution is -2.29. The number of aromatic nitrogens is 2. The normalized spacial score (nSPS) is 10.9. The van der Waals surface area contributed by atoms with Gasteiger partial charge in [-0.2, -0.15) is 5.10 Å². The molecule has 6 nitrogen and oxygen atoms in total. The molecule has 0 atom stereocenters. The van der Waals surface area contributed by atoms with E-state index in [1.807, 2.05) is 0 Å². The first-order valence-corrected chi connectivity index (χ1v) is 6.08. The Bertz CT molecular complexity index is 412. The highest BCUT2D eigenvalue weighted by atomic mass is 16.5. The first-order chi connectivity index (χ1) is 8.43. The van der Waals surface area contributed by atoms with Crippen LogP contribution in [0.25, 0.3) is 0 Å². The van der Waals surface area contributed by atoms with Gasteiger partial charge in [0.15, 0.2) is 0 Å². The molecule has 0 unspecified atom stereocenters. The smallest absolute Gasteiger partial charge is 0.271 e. The second-order valence-corrected chi connectivity index (χ2v) is 4.70. The number of aryl methyl sites for hydroxylation is 2. The van der Waals surface area contributed by atoms with Crippen molar-refractivity contribution in [3.05, 3.63) is 11.4 Å². The average molecular weight is 254 g/mol. The Morgan fingerprint density at radius 3 is 2.72 bits per heavy atom. The predicted octanol–water partition coefficient (Wildman–Crippen LogP) is 0.713. The number of nitrogen functional groups attached to an aromatic ring is 1. The van der Waals surface area contributed by atoms with Crippen molar-refractivity contribution in [2.75, 3.05) is 25.5 Å². The first-order valence-electron chi connectivity index (χ1n) is 6.08. The minimum absolute atomic E-state index is 0.219. The van der Waals surface area contributed by atoms with Crippen LogP contribution in [0.3, 0.4) is 0 Å². The van der Waals surface area contributed by atoms with E-state index in [2.05, 4.69) is 24.3 Å². The van der Waals surface area contributed by atoms with E-state index >= 15 is 0 Å². The van der Waals surface area contributed by atoms with E-state index in [4.69, 9.17) is 10.5 Å². The lowest BCUT2D eigenvalue weighted by atomic mass is 10.2. The number of anilines is 1. The average Bonchev–Trinajstić information content (AvgIpc) is 2.52. The summed E-state index contributed by atoms with van der Waals surface area (Å²) in [5.74, 6) is 0.278. The Hall–Kier alpha value is -1.56. The lowest BCUT2D eigenvalue weighted by molar-refractivity contribution is 0.0879. The zero-order valence-corrected chi connectivity index (χ0v) is 11.5. The van der Waals surface area contributed by atoms with Crippen molar-refractivity contribution in [3.63, 3.8) is 0 Å². The van der Waals surface area contributed by atoms with Crippen molar-refractivity contribution in [1.82, 2.24) is 15.1 Å². The third-order valence-corrected chi connectivity index (χ3v) is 2.47. The Balaban J connectivity index is 2.41. The highest BCUT2D eigenvalue weighted by Gasteiger charge is 2.17. The van der Waals surface area contributed by atoms with Crippen LogP contribution in [0.15, 0.2) is 0 Å². The summed E-state index contributed by atoms with van der Waals surface area (Å²) in [6.45, 7) is 7.60. The number of ether oxygens (including phenoxy) is 1. The van der Waals surface area contributed by atoms with E-state index in [-0.39, 0.29) is 5.91 Å². The van der Waals surface area contributed by atoms with Crippen LogP contribution in [0.4, 0.5) is 5.69 Å². The fourth-order valence-electron chi connectivity index (χ4n) is 1.58. The fourth-order valence-corrected chi connectivity index (χ4v) is 1.58. The summed E-state index contributed by atoms with van der Waals surface area (Å²) >= 11 is 0. The maximum atomic E-state index is 11.9. The van der Waals surface area contributed by atoms with Gasteiger partial charge < -0.3 is 15.8 Å². The van der Waals surface area contributed by atoms with Gasteiger partial charge in [0, 0.05) is 20.2 Å². The van der Waals surface area contributed by atoms with Gasteiger partial charge in [-0.3, -0.25) is 9.48 Å². The van der Waals surface area contributed by atoms with Crippen LogP contribution in [0, 0.1) is 12.8 Å². The molecule has 102 valence electrons. The number of hydrogen-bond donors (Lipinski definition) is 2. The summed E-state index contributed by atoms with van der Waals surface area (Å²) < 4.78 is 6.87. The minimum atomic E-state index is -0.219. The Morgan fingerprint density at radius 1 is 1.56 bits per heavy atom. The van der Waals surface area contributed by atoms with E-state index in [1.54, 1.807) is 14.0 Å². The third kappa shape index (κ3) is 3.73. The quantitative estimate of drug-likeness (QED) is 0.733. The summed E-state index contributed by atoms with van der Waals surface area (Å²) in [6.07, 6.45) is 0. The molecular weight excluding hydrogens is 232 g/mol. The first kappa shape index (κ1) is 14.5. The van der Waals surface area contributed by atoms with Crippen LogP contribution >= 0.6 is 0 Å². The topological polar surface area (TPSA) is 82.2 Å². The van der Waals surface area contributed by atoms with E-state index in [0.717, 1.165) is 0 Å². The van der Waals surface area contributed by atoms with Gasteiger partial charge in [-0.05, 0) is 12.8 Å². The van der Waals surface area contributed by atoms with Gasteiger partial charge >= 0.3 is 0 Å². The van der Waals surface area contributed by atoms with E-state index in [1.165, 1.54) is 4.68 Å². The van der Waals surface area contributed by atoms with Crippen LogP contribution in [-0.2, 0) is 11.8 Å². The number of rotatable bonds is 6. The summed E-state index contributed by atoms with van der Waals surface area (Å²) in [7, 11) is 1.70. The maximum absolute atomic E-state index is 11.9. The second kappa shape index (κ2) is 6.39. The third-order valence-electron chi connectivity index (χ3n) is 2.47. The van der Waals surface area contributed by atoms with Crippen molar-refractivity contribution in [3.8, 4) is 0 Å². The van der Waals surface area contributed by atoms with Crippen molar-refractivity contribution in [2.24, 2.45) is 13.0 Å². The SMILES string of the molecule is Cc1nn(C)c(C(=O)NCCOCC(C)C)c1N. The van der Waals surface area contributed by atoms with Gasteiger partial charge in [0.2, 0.25) is 0 Å². The van der Waals surface area contributed by atoms with E-state index in [9.17, 15) is 4.79 Å². The summed E-state index contributed by atoms with van der Waals surface area (Å²) in [6, 6.07) is 0. The fraction of sp³-hybridized carbons (Fsp3) is 0.667. The number of nitrogens with zero attached hydrogens (tertiary/aromatic N) is 2. The molecule has 6 heteroatoms. The predicted molar refractivity (Wildman–Crippen MR) is 70.3 cm³/mol. The summed E-state index contributed by atoms with van der Waals surface area (Å²) in [5, 5.41) is 6.86. The number of hydrogen-bond acceptors (Lipinski definition) is 4. The van der Waals surface area contributed by atoms with Gasteiger partial charge in [0.05, 0.1) is 18.0 Å². The molecule has 1 heterocycles. The van der Waals surface area contributed by atoms with Gasteiger partial charge in [-0.15, -0.1) is 0 Å². The zero-order chi connectivity index (χ0) is 13.7. The molecule has 0 saturated heterocycles. The second-order valence-electron chi connectivity index (χ2n) is 4.70. The van der Waals surface area contributed by atoms with Crippen LogP contribution in [0.5, 0.6) is 0 Å². The Morgan fingerprint density at radius 2 is 2.22 bits per heavy atom. The van der Waals surface area contributed by atoms with Gasteiger partial charge in [-0.1, -0.05) is 13.8 Å². The molecule has 0 aliphatic rings. The molecule has 0 spiro atoms. The molecule has 0 fully saturated rings. The number of carbonyl (C=O) groups excluding carboxylic acids is 1. The molecule has 1 aromatic heterocycles. The highest BCUT2D eigenvalue weighted by molar-refractivity contribution is 5.97. The molecule has 0 radical (unpaired) electrons. The molecule has 0 aliphatic carbocycles. The Labute approximate surface area is 107 Å². The number of nitrogens with one attached hydrogen (secondary N) is 1. The van der Waals surface area contributed by atoms with Crippen molar-refractivity contribution < 1.29 is 9.53 Å². The monoisotopic (exact) mass is 254 g/mol. The maximum Gasteiger partial charge on any atom is 0.271 e. The molecule has 0 aromatic carbocycles. The van der Waals surface area contributed by atoms with Crippen molar-refractivity contribution in [2.45, 2.75) is 20.8 Å². The molecule has 0 bridgehead atoms. The van der Waals surface area contributed by atoms with Crippen LogP contribution in [0.2, 0.25) is 0 Å². The van der Waals surface area contributed by atoms with E-state index in [0.29, 0.717) is 42.8 Å². The number of carbonyl (C=O) groups is 1. The number of nitrogens with two attached hydrogens (primary N) is 1. The van der Waals surface area contributed by atoms with Gasteiger partial charge in [0.1, 0.15) is 5.69 Å². The van der Waals surface area contributed by atoms with Crippen molar-refractivity contribution in [1.29, 1.82) is 0 Å². The highest BCUT2D eigenvalue weighted by Crippen LogP contribution is 2.14. The minimum Gasteiger partial charge on any atom is -0.395 e. The molecule has 1 amide bonds. The van der Waals surface area contributed by atoms with Gasteiger partial charge in [-0.25, -0.2) is 0 Å². The molecule has 0 aliphatic heterocycles. The molecule has 3 N–H and O–H groups in total. The van der Waals surface area contributed by atoms with E-state index < -0.39 is 0 Å². The molecule has 1 rings (SSSR count). The summed E-state index contributed by atoms with van der Waals surface area (Å²) in [4.78, 5) is 11.9. The molecule has 1 aromatic rings. The van der Waals surface area contributed by atoms with Crippen LogP contribution < -0.4 is 11.1 Å². The Kier molecular flexibility index (Phi) is 5.15. The lowest BCUT2D eigenvalue weighted by Gasteiger charge is -2.08. The van der Waals surface area contributed by atoms with Gasteiger partial charge in [0.25, 0.3) is 5.91 Å². The molecule has 18 heavy (non-hydrogen) atoms. The molecule has 0 saturated carbocycles. The largest absolute Gasteiger partial charge is 0.395 e. The standard InChI is InChI=1S/C12H22N4O2/c1-8(2)7-18-6-5-14-12(17)11-10(13)9(3)15-16(11)4/h8H,5-7,13H2,1-4H3,(H,14,17). The van der Waals surface area contributed by atoms with Crippen molar-refractivity contribution >= 4 is 11.6 Å². The zero-order valence-electron chi connectivity index (χ0n) is 11.5.